The Morgan fingerprint density at radius 2 is 2.08 bits per heavy atom. The maximum Gasteiger partial charge on any atom is 0.305 e. The molecule has 1 N–H and O–H groups in total. The van der Waals surface area contributed by atoms with Crippen molar-refractivity contribution in [1.29, 1.82) is 0 Å². The highest BCUT2D eigenvalue weighted by molar-refractivity contribution is 8.00. The van der Waals surface area contributed by atoms with Crippen molar-refractivity contribution in [2.75, 3.05) is 12.4 Å². The summed E-state index contributed by atoms with van der Waals surface area (Å²) in [7, 11) is 0. The SMILES string of the molecule is CCCCCC(O)CSC1CCC(=O)C1CCCCC(=O)OCC. The van der Waals surface area contributed by atoms with Crippen LogP contribution in [0.3, 0.4) is 0 Å². The lowest BCUT2D eigenvalue weighted by atomic mass is 9.98. The second-order valence-corrected chi connectivity index (χ2v) is 7.96. The smallest absolute Gasteiger partial charge is 0.305 e. The lowest BCUT2D eigenvalue weighted by molar-refractivity contribution is -0.143. The minimum absolute atomic E-state index is 0.111. The second-order valence-electron chi connectivity index (χ2n) is 6.68. The maximum atomic E-state index is 12.1. The molecule has 4 nitrogen and oxygen atoms in total. The minimum atomic E-state index is -0.248. The molecule has 24 heavy (non-hydrogen) atoms. The summed E-state index contributed by atoms with van der Waals surface area (Å²) >= 11 is 1.77. The number of Topliss-reactive ketones (excluding diaryl/α,β-unsaturated/α-hetero) is 1. The molecule has 0 aromatic rings. The van der Waals surface area contributed by atoms with E-state index < -0.39 is 0 Å². The molecular formula is C19H34O4S. The van der Waals surface area contributed by atoms with Gasteiger partial charge in [-0.15, -0.1) is 0 Å². The summed E-state index contributed by atoms with van der Waals surface area (Å²) in [5, 5.41) is 10.4. The van der Waals surface area contributed by atoms with Crippen molar-refractivity contribution in [1.82, 2.24) is 0 Å². The summed E-state index contributed by atoms with van der Waals surface area (Å²) in [6.45, 7) is 4.41. The Hall–Kier alpha value is -0.550. The highest BCUT2D eigenvalue weighted by Crippen LogP contribution is 2.36. The summed E-state index contributed by atoms with van der Waals surface area (Å²) < 4.78 is 4.92. The lowest BCUT2D eigenvalue weighted by Crippen LogP contribution is -2.20. The summed E-state index contributed by atoms with van der Waals surface area (Å²) in [5.41, 5.74) is 0. The van der Waals surface area contributed by atoms with Gasteiger partial charge in [-0.05, 0) is 32.6 Å². The van der Waals surface area contributed by atoms with E-state index >= 15 is 0 Å². The van der Waals surface area contributed by atoms with Crippen molar-refractivity contribution in [3.05, 3.63) is 0 Å². The molecule has 1 saturated carbocycles. The van der Waals surface area contributed by atoms with E-state index in [1.165, 1.54) is 12.8 Å². The fraction of sp³-hybridized carbons (Fsp3) is 0.895. The van der Waals surface area contributed by atoms with E-state index in [1.54, 1.807) is 11.8 Å². The van der Waals surface area contributed by atoms with E-state index in [9.17, 15) is 14.7 Å². The minimum Gasteiger partial charge on any atom is -0.466 e. The van der Waals surface area contributed by atoms with Crippen LogP contribution in [0.15, 0.2) is 0 Å². The van der Waals surface area contributed by atoms with Gasteiger partial charge in [0, 0.05) is 29.8 Å². The number of rotatable bonds is 13. The Morgan fingerprint density at radius 3 is 2.79 bits per heavy atom. The van der Waals surface area contributed by atoms with Crippen LogP contribution in [0.4, 0.5) is 0 Å². The van der Waals surface area contributed by atoms with Gasteiger partial charge in [-0.2, -0.15) is 11.8 Å². The zero-order valence-corrected chi connectivity index (χ0v) is 16.1. The van der Waals surface area contributed by atoms with Crippen molar-refractivity contribution in [2.45, 2.75) is 89.4 Å². The van der Waals surface area contributed by atoms with Gasteiger partial charge in [-0.3, -0.25) is 9.59 Å². The zero-order chi connectivity index (χ0) is 17.8. The Labute approximate surface area is 151 Å². The maximum absolute atomic E-state index is 12.1. The first-order valence-corrected chi connectivity index (χ1v) is 10.6. The number of carbonyl (C=O) groups excluding carboxylic acids is 2. The van der Waals surface area contributed by atoms with E-state index in [2.05, 4.69) is 6.92 Å². The van der Waals surface area contributed by atoms with Crippen LogP contribution in [0.5, 0.6) is 0 Å². The second kappa shape index (κ2) is 12.8. The molecule has 0 amide bonds. The van der Waals surface area contributed by atoms with Crippen LogP contribution in [0.1, 0.15) is 78.1 Å². The van der Waals surface area contributed by atoms with Gasteiger partial charge >= 0.3 is 5.97 Å². The number of ketones is 1. The van der Waals surface area contributed by atoms with Crippen LogP contribution in [-0.2, 0) is 14.3 Å². The van der Waals surface area contributed by atoms with E-state index in [4.69, 9.17) is 4.74 Å². The molecule has 0 bridgehead atoms. The highest BCUT2D eigenvalue weighted by atomic mass is 32.2. The molecule has 1 fully saturated rings. The molecule has 3 unspecified atom stereocenters. The molecule has 0 aromatic carbocycles. The number of thioether (sulfide) groups is 1. The van der Waals surface area contributed by atoms with E-state index in [0.29, 0.717) is 30.5 Å². The van der Waals surface area contributed by atoms with Crippen LogP contribution in [0.25, 0.3) is 0 Å². The molecule has 1 aliphatic rings. The van der Waals surface area contributed by atoms with Crippen LogP contribution in [0.2, 0.25) is 0 Å². The van der Waals surface area contributed by atoms with E-state index in [0.717, 1.165) is 44.3 Å². The largest absolute Gasteiger partial charge is 0.466 e. The molecule has 1 aliphatic carbocycles. The third kappa shape index (κ3) is 8.52. The zero-order valence-electron chi connectivity index (χ0n) is 15.3. The predicted molar refractivity (Wildman–Crippen MR) is 99.2 cm³/mol. The van der Waals surface area contributed by atoms with Crippen molar-refractivity contribution < 1.29 is 19.4 Å². The summed E-state index contributed by atoms with van der Waals surface area (Å²) in [5.74, 6) is 1.07. The van der Waals surface area contributed by atoms with Crippen LogP contribution in [0, 0.1) is 5.92 Å². The summed E-state index contributed by atoms with van der Waals surface area (Å²) in [6.07, 6.45) is 8.65. The molecule has 3 atom stereocenters. The molecule has 0 aromatic heterocycles. The van der Waals surface area contributed by atoms with Gasteiger partial charge in [0.2, 0.25) is 0 Å². The van der Waals surface area contributed by atoms with Gasteiger partial charge in [0.25, 0.3) is 0 Å². The first kappa shape index (κ1) is 21.5. The third-order valence-corrected chi connectivity index (χ3v) is 6.20. The van der Waals surface area contributed by atoms with Crippen molar-refractivity contribution in [2.24, 2.45) is 5.92 Å². The Morgan fingerprint density at radius 1 is 1.29 bits per heavy atom. The first-order valence-electron chi connectivity index (χ1n) is 9.56. The average Bonchev–Trinajstić information content (AvgIpc) is 2.90. The molecule has 0 spiro atoms. The van der Waals surface area contributed by atoms with Gasteiger partial charge < -0.3 is 9.84 Å². The van der Waals surface area contributed by atoms with Crippen LogP contribution >= 0.6 is 11.8 Å². The topological polar surface area (TPSA) is 63.6 Å². The summed E-state index contributed by atoms with van der Waals surface area (Å²) in [6, 6.07) is 0. The van der Waals surface area contributed by atoms with E-state index in [1.807, 2.05) is 6.92 Å². The van der Waals surface area contributed by atoms with Gasteiger partial charge in [0.15, 0.2) is 0 Å². The molecule has 0 radical (unpaired) electrons. The number of aliphatic hydroxyl groups is 1. The number of carbonyl (C=O) groups is 2. The first-order chi connectivity index (χ1) is 11.6. The average molecular weight is 359 g/mol. The van der Waals surface area contributed by atoms with Crippen LogP contribution in [-0.4, -0.2) is 40.6 Å². The van der Waals surface area contributed by atoms with Gasteiger partial charge in [0.1, 0.15) is 5.78 Å². The van der Waals surface area contributed by atoms with Crippen molar-refractivity contribution >= 4 is 23.5 Å². The molecule has 0 saturated heterocycles. The van der Waals surface area contributed by atoms with E-state index in [-0.39, 0.29) is 18.0 Å². The molecule has 0 heterocycles. The fourth-order valence-corrected chi connectivity index (χ4v) is 4.68. The number of esters is 1. The number of hydrogen-bond acceptors (Lipinski definition) is 5. The standard InChI is InChI=1S/C19H34O4S/c1-3-5-6-9-15(20)14-24-18-13-12-17(21)16(18)10-7-8-11-19(22)23-4-2/h15-16,18,20H,3-14H2,1-2H3. The molecule has 0 aliphatic heterocycles. The molecule has 5 heteroatoms. The highest BCUT2D eigenvalue weighted by Gasteiger charge is 2.34. The Bertz CT molecular complexity index is 372. The number of ether oxygens (including phenoxy) is 1. The lowest BCUT2D eigenvalue weighted by Gasteiger charge is -2.19. The number of aliphatic hydroxyl groups excluding tert-OH is 1. The van der Waals surface area contributed by atoms with Gasteiger partial charge in [-0.25, -0.2) is 0 Å². The van der Waals surface area contributed by atoms with Crippen molar-refractivity contribution in [3.63, 3.8) is 0 Å². The normalized spacial score (nSPS) is 21.9. The van der Waals surface area contributed by atoms with Crippen LogP contribution < -0.4 is 0 Å². The molecular weight excluding hydrogens is 324 g/mol. The quantitative estimate of drug-likeness (QED) is 0.396. The Kier molecular flexibility index (Phi) is 11.4. The predicted octanol–water partition coefficient (Wildman–Crippen LogP) is 4.13. The molecule has 1 rings (SSSR count). The third-order valence-electron chi connectivity index (χ3n) is 4.63. The number of hydrogen-bond donors (Lipinski definition) is 1. The summed E-state index contributed by atoms with van der Waals surface area (Å²) in [4.78, 5) is 23.4. The van der Waals surface area contributed by atoms with Gasteiger partial charge in [0.05, 0.1) is 12.7 Å². The monoisotopic (exact) mass is 358 g/mol. The van der Waals surface area contributed by atoms with Gasteiger partial charge in [-0.1, -0.05) is 32.6 Å². The Balaban J connectivity index is 2.24. The molecule has 140 valence electrons. The van der Waals surface area contributed by atoms with Crippen molar-refractivity contribution in [3.8, 4) is 0 Å². The number of unbranched alkanes of at least 4 members (excludes halogenated alkanes) is 3. The fourth-order valence-electron chi connectivity index (χ4n) is 3.24.